The smallest absolute Gasteiger partial charge is 0.278 e. The maximum atomic E-state index is 11.7. The van der Waals surface area contributed by atoms with E-state index in [1.807, 2.05) is 25.1 Å². The third-order valence-electron chi connectivity index (χ3n) is 2.83. The number of aromatic nitrogens is 4. The molecule has 0 atom stereocenters. The molecular formula is C12H10BrN5O. The van der Waals surface area contributed by atoms with Crippen LogP contribution >= 0.6 is 15.9 Å². The van der Waals surface area contributed by atoms with Crippen molar-refractivity contribution < 1.29 is 0 Å². The molecule has 2 aromatic heterocycles. The van der Waals surface area contributed by atoms with Crippen molar-refractivity contribution in [1.29, 1.82) is 0 Å². The van der Waals surface area contributed by atoms with Crippen molar-refractivity contribution in [1.82, 2.24) is 19.9 Å². The van der Waals surface area contributed by atoms with E-state index in [9.17, 15) is 4.79 Å². The van der Waals surface area contributed by atoms with Crippen molar-refractivity contribution in [2.24, 2.45) is 0 Å². The molecule has 19 heavy (non-hydrogen) atoms. The van der Waals surface area contributed by atoms with Crippen molar-refractivity contribution in [3.63, 3.8) is 0 Å². The largest absolute Gasteiger partial charge is 0.369 e. The predicted molar refractivity (Wildman–Crippen MR) is 76.8 cm³/mol. The Labute approximate surface area is 116 Å². The van der Waals surface area contributed by atoms with Crippen LogP contribution in [0.25, 0.3) is 22.6 Å². The molecule has 0 unspecified atom stereocenters. The number of hydrogen-bond donors (Lipinski definition) is 3. The van der Waals surface area contributed by atoms with Crippen LogP contribution in [0.4, 0.5) is 5.95 Å². The first-order valence-electron chi connectivity index (χ1n) is 5.57. The highest BCUT2D eigenvalue weighted by Gasteiger charge is 2.13. The minimum absolute atomic E-state index is 0.0545. The lowest BCUT2D eigenvalue weighted by molar-refractivity contribution is 1.17. The Morgan fingerprint density at radius 3 is 2.84 bits per heavy atom. The van der Waals surface area contributed by atoms with Crippen LogP contribution in [0.15, 0.2) is 27.5 Å². The molecule has 0 amide bonds. The van der Waals surface area contributed by atoms with Crippen LogP contribution in [0.5, 0.6) is 0 Å². The SMILES string of the molecule is Cc1cccc(-c2nc3nc(N)[nH]c(=O)c3[nH]2)c1Br. The normalized spacial score (nSPS) is 11.1. The van der Waals surface area contributed by atoms with Gasteiger partial charge < -0.3 is 10.7 Å². The number of imidazole rings is 1. The van der Waals surface area contributed by atoms with E-state index in [0.29, 0.717) is 17.0 Å². The number of nitrogens with one attached hydrogen (secondary N) is 2. The van der Waals surface area contributed by atoms with Gasteiger partial charge in [-0.3, -0.25) is 9.78 Å². The number of hydrogen-bond acceptors (Lipinski definition) is 4. The van der Waals surface area contributed by atoms with Gasteiger partial charge in [-0.15, -0.1) is 0 Å². The van der Waals surface area contributed by atoms with Crippen LogP contribution in [0.2, 0.25) is 0 Å². The number of anilines is 1. The molecule has 1 aromatic carbocycles. The average molecular weight is 320 g/mol. The standard InChI is InChI=1S/C12H10BrN5O/c1-5-3-2-4-6(7(5)13)9-15-8-10(16-9)17-12(14)18-11(8)19/h2-4H,1H3,(H4,14,15,16,17,18,19). The second-order valence-electron chi connectivity index (χ2n) is 4.17. The Bertz CT molecular complexity index is 836. The van der Waals surface area contributed by atoms with Gasteiger partial charge in [0.1, 0.15) is 5.82 Å². The number of fused-ring (bicyclic) bond motifs is 1. The molecule has 4 N–H and O–H groups in total. The van der Waals surface area contributed by atoms with Crippen molar-refractivity contribution in [3.05, 3.63) is 38.6 Å². The average Bonchev–Trinajstić information content (AvgIpc) is 2.76. The van der Waals surface area contributed by atoms with Gasteiger partial charge in [-0.05, 0) is 28.4 Å². The molecule has 0 aliphatic carbocycles. The lowest BCUT2D eigenvalue weighted by Crippen LogP contribution is -2.10. The Kier molecular flexibility index (Phi) is 2.63. The maximum Gasteiger partial charge on any atom is 0.278 e. The Morgan fingerprint density at radius 2 is 2.05 bits per heavy atom. The fourth-order valence-electron chi connectivity index (χ4n) is 1.88. The van der Waals surface area contributed by atoms with Gasteiger partial charge in [-0.1, -0.05) is 18.2 Å². The highest BCUT2D eigenvalue weighted by molar-refractivity contribution is 9.10. The van der Waals surface area contributed by atoms with Gasteiger partial charge >= 0.3 is 0 Å². The number of benzene rings is 1. The summed E-state index contributed by atoms with van der Waals surface area (Å²) in [7, 11) is 0. The number of nitrogens with zero attached hydrogens (tertiary/aromatic N) is 2. The molecule has 2 heterocycles. The summed E-state index contributed by atoms with van der Waals surface area (Å²) < 4.78 is 0.929. The first-order valence-corrected chi connectivity index (χ1v) is 6.36. The van der Waals surface area contributed by atoms with E-state index in [2.05, 4.69) is 35.9 Å². The minimum Gasteiger partial charge on any atom is -0.369 e. The molecule has 0 aliphatic heterocycles. The third-order valence-corrected chi connectivity index (χ3v) is 3.88. The summed E-state index contributed by atoms with van der Waals surface area (Å²) in [5.74, 6) is 0.632. The van der Waals surface area contributed by atoms with E-state index >= 15 is 0 Å². The van der Waals surface area contributed by atoms with Gasteiger partial charge in [-0.25, -0.2) is 4.98 Å². The maximum absolute atomic E-state index is 11.7. The van der Waals surface area contributed by atoms with Crippen LogP contribution in [-0.4, -0.2) is 19.9 Å². The van der Waals surface area contributed by atoms with Gasteiger partial charge in [0.25, 0.3) is 5.56 Å². The third kappa shape index (κ3) is 1.91. The predicted octanol–water partition coefficient (Wildman–Crippen LogP) is 1.97. The summed E-state index contributed by atoms with van der Waals surface area (Å²) in [6, 6.07) is 5.82. The topological polar surface area (TPSA) is 100 Å². The zero-order valence-corrected chi connectivity index (χ0v) is 11.6. The van der Waals surface area contributed by atoms with Crippen molar-refractivity contribution >= 4 is 33.0 Å². The Balaban J connectivity index is 2.30. The number of nitrogen functional groups attached to an aromatic ring is 1. The number of aryl methyl sites for hydroxylation is 1. The highest BCUT2D eigenvalue weighted by atomic mass is 79.9. The monoisotopic (exact) mass is 319 g/mol. The summed E-state index contributed by atoms with van der Waals surface area (Å²) in [5.41, 5.74) is 7.75. The van der Waals surface area contributed by atoms with Crippen molar-refractivity contribution in [2.45, 2.75) is 6.92 Å². The fraction of sp³-hybridized carbons (Fsp3) is 0.0833. The molecule has 7 heteroatoms. The van der Waals surface area contributed by atoms with Gasteiger partial charge in [0.2, 0.25) is 5.95 Å². The minimum atomic E-state index is -0.329. The number of H-pyrrole nitrogens is 2. The number of rotatable bonds is 1. The van der Waals surface area contributed by atoms with Gasteiger partial charge in [0.15, 0.2) is 11.2 Å². The lowest BCUT2D eigenvalue weighted by atomic mass is 10.1. The van der Waals surface area contributed by atoms with Crippen LogP contribution in [-0.2, 0) is 0 Å². The summed E-state index contributed by atoms with van der Waals surface area (Å²) in [5, 5.41) is 0. The summed E-state index contributed by atoms with van der Waals surface area (Å²) in [4.78, 5) is 25.5. The van der Waals surface area contributed by atoms with Gasteiger partial charge in [-0.2, -0.15) is 4.98 Å². The molecule has 3 aromatic rings. The first-order chi connectivity index (χ1) is 9.06. The van der Waals surface area contributed by atoms with Crippen LogP contribution in [0.1, 0.15) is 5.56 Å². The van der Waals surface area contributed by atoms with Crippen LogP contribution < -0.4 is 11.3 Å². The Morgan fingerprint density at radius 1 is 1.26 bits per heavy atom. The summed E-state index contributed by atoms with van der Waals surface area (Å²) >= 11 is 3.52. The lowest BCUT2D eigenvalue weighted by Gasteiger charge is -2.03. The molecule has 0 saturated carbocycles. The number of aromatic amines is 2. The second kappa shape index (κ2) is 4.20. The molecule has 0 spiro atoms. The molecule has 0 aliphatic rings. The van der Waals surface area contributed by atoms with Crippen LogP contribution in [0.3, 0.4) is 0 Å². The van der Waals surface area contributed by atoms with E-state index in [4.69, 9.17) is 5.73 Å². The van der Waals surface area contributed by atoms with E-state index < -0.39 is 0 Å². The number of nitrogens with two attached hydrogens (primary N) is 1. The molecule has 0 saturated heterocycles. The van der Waals surface area contributed by atoms with E-state index in [1.54, 1.807) is 0 Å². The van der Waals surface area contributed by atoms with Gasteiger partial charge in [0, 0.05) is 10.0 Å². The van der Waals surface area contributed by atoms with E-state index in [1.165, 1.54) is 0 Å². The zero-order chi connectivity index (χ0) is 13.6. The fourth-order valence-corrected chi connectivity index (χ4v) is 2.33. The molecule has 96 valence electrons. The van der Waals surface area contributed by atoms with E-state index in [0.717, 1.165) is 15.6 Å². The Hall–Kier alpha value is -2.15. The van der Waals surface area contributed by atoms with Crippen molar-refractivity contribution in [2.75, 3.05) is 5.73 Å². The van der Waals surface area contributed by atoms with Crippen LogP contribution in [0, 0.1) is 6.92 Å². The quantitative estimate of drug-likeness (QED) is 0.638. The zero-order valence-electron chi connectivity index (χ0n) is 9.99. The van der Waals surface area contributed by atoms with Crippen molar-refractivity contribution in [3.8, 4) is 11.4 Å². The second-order valence-corrected chi connectivity index (χ2v) is 4.96. The van der Waals surface area contributed by atoms with E-state index in [-0.39, 0.29) is 11.5 Å². The highest BCUT2D eigenvalue weighted by Crippen LogP contribution is 2.29. The summed E-state index contributed by atoms with van der Waals surface area (Å²) in [6.07, 6.45) is 0. The summed E-state index contributed by atoms with van der Waals surface area (Å²) in [6.45, 7) is 1.99. The molecule has 0 bridgehead atoms. The molecule has 0 radical (unpaired) electrons. The molecule has 0 fully saturated rings. The molecular weight excluding hydrogens is 310 g/mol. The number of halogens is 1. The van der Waals surface area contributed by atoms with Gasteiger partial charge in [0.05, 0.1) is 0 Å². The first kappa shape index (κ1) is 11.9. The molecule has 3 rings (SSSR count). The molecule has 6 nitrogen and oxygen atoms in total.